The minimum atomic E-state index is -0.559. The van der Waals surface area contributed by atoms with Crippen molar-refractivity contribution in [2.24, 2.45) is 0 Å². The summed E-state index contributed by atoms with van der Waals surface area (Å²) in [5.74, 6) is 0.749. The molecule has 1 rings (SSSR count). The summed E-state index contributed by atoms with van der Waals surface area (Å²) in [4.78, 5) is 0. The van der Waals surface area contributed by atoms with Gasteiger partial charge in [0.05, 0.1) is 6.61 Å². The van der Waals surface area contributed by atoms with Gasteiger partial charge in [-0.05, 0) is 12.1 Å². The van der Waals surface area contributed by atoms with E-state index in [2.05, 4.69) is 5.32 Å². The second-order valence-electron chi connectivity index (χ2n) is 3.21. The molecule has 3 N–H and O–H groups in total. The quantitative estimate of drug-likeness (QED) is 0.556. The van der Waals surface area contributed by atoms with Gasteiger partial charge in [-0.25, -0.2) is 0 Å². The van der Waals surface area contributed by atoms with E-state index in [0.717, 1.165) is 5.75 Å². The van der Waals surface area contributed by atoms with Crippen molar-refractivity contribution in [3.05, 3.63) is 30.3 Å². The first-order valence-electron chi connectivity index (χ1n) is 5.00. The molecule has 0 aromatic heterocycles. The highest BCUT2D eigenvalue weighted by Crippen LogP contribution is 2.08. The van der Waals surface area contributed by atoms with Crippen LogP contribution in [0.25, 0.3) is 0 Å². The molecular formula is C11H17NO3. The summed E-state index contributed by atoms with van der Waals surface area (Å²) in [6.45, 7) is 1.24. The Bertz CT molecular complexity index is 253. The molecule has 0 aliphatic rings. The Morgan fingerprint density at radius 3 is 2.67 bits per heavy atom. The number of nitrogens with one attached hydrogen (secondary N) is 1. The SMILES string of the molecule is OCCNC[C@@H](O)COc1ccccc1. The Kier molecular flexibility index (Phi) is 5.77. The molecule has 0 bridgehead atoms. The van der Waals surface area contributed by atoms with Crippen molar-refractivity contribution in [2.45, 2.75) is 6.10 Å². The smallest absolute Gasteiger partial charge is 0.119 e. The van der Waals surface area contributed by atoms with Gasteiger partial charge in [0.2, 0.25) is 0 Å². The predicted octanol–water partition coefficient (Wildman–Crippen LogP) is 0.00820. The van der Waals surface area contributed by atoms with E-state index in [1.807, 2.05) is 30.3 Å². The number of aliphatic hydroxyl groups is 2. The Balaban J connectivity index is 2.14. The highest BCUT2D eigenvalue weighted by atomic mass is 16.5. The zero-order chi connectivity index (χ0) is 10.9. The molecule has 1 atom stereocenters. The van der Waals surface area contributed by atoms with Crippen LogP contribution < -0.4 is 10.1 Å². The number of hydrogen-bond donors (Lipinski definition) is 3. The molecule has 0 aliphatic carbocycles. The van der Waals surface area contributed by atoms with Crippen molar-refractivity contribution in [3.8, 4) is 5.75 Å². The van der Waals surface area contributed by atoms with Gasteiger partial charge in [-0.3, -0.25) is 0 Å². The van der Waals surface area contributed by atoms with Crippen LogP contribution in [0.4, 0.5) is 0 Å². The first-order valence-corrected chi connectivity index (χ1v) is 5.00. The van der Waals surface area contributed by atoms with Crippen molar-refractivity contribution in [3.63, 3.8) is 0 Å². The molecular weight excluding hydrogens is 194 g/mol. The molecule has 0 saturated carbocycles. The fraction of sp³-hybridized carbons (Fsp3) is 0.455. The normalized spacial score (nSPS) is 12.4. The van der Waals surface area contributed by atoms with Gasteiger partial charge < -0.3 is 20.3 Å². The van der Waals surface area contributed by atoms with Crippen LogP contribution in [0.3, 0.4) is 0 Å². The van der Waals surface area contributed by atoms with E-state index in [4.69, 9.17) is 9.84 Å². The minimum Gasteiger partial charge on any atom is -0.491 e. The summed E-state index contributed by atoms with van der Waals surface area (Å²) >= 11 is 0. The van der Waals surface area contributed by atoms with Crippen LogP contribution in [0, 0.1) is 0 Å². The summed E-state index contributed by atoms with van der Waals surface area (Å²) in [6.07, 6.45) is -0.559. The van der Waals surface area contributed by atoms with E-state index in [-0.39, 0.29) is 13.2 Å². The van der Waals surface area contributed by atoms with Crippen LogP contribution in [0.2, 0.25) is 0 Å². The third-order valence-electron chi connectivity index (χ3n) is 1.85. The van der Waals surface area contributed by atoms with Gasteiger partial charge in [-0.15, -0.1) is 0 Å². The zero-order valence-corrected chi connectivity index (χ0v) is 8.60. The van der Waals surface area contributed by atoms with E-state index in [1.165, 1.54) is 0 Å². The van der Waals surface area contributed by atoms with E-state index in [0.29, 0.717) is 13.1 Å². The molecule has 0 amide bonds. The molecule has 0 saturated heterocycles. The number of hydrogen-bond acceptors (Lipinski definition) is 4. The van der Waals surface area contributed by atoms with Crippen LogP contribution in [0.1, 0.15) is 0 Å². The van der Waals surface area contributed by atoms with Crippen LogP contribution in [-0.2, 0) is 0 Å². The van der Waals surface area contributed by atoms with Gasteiger partial charge in [0, 0.05) is 13.1 Å². The Labute approximate surface area is 89.5 Å². The van der Waals surface area contributed by atoms with Gasteiger partial charge in [0.1, 0.15) is 18.5 Å². The lowest BCUT2D eigenvalue weighted by atomic mass is 10.3. The fourth-order valence-electron chi connectivity index (χ4n) is 1.12. The van der Waals surface area contributed by atoms with Crippen molar-refractivity contribution in [2.75, 3.05) is 26.3 Å². The summed E-state index contributed by atoms with van der Waals surface area (Å²) < 4.78 is 5.35. The van der Waals surface area contributed by atoms with E-state index >= 15 is 0 Å². The summed E-state index contributed by atoms with van der Waals surface area (Å²) in [7, 11) is 0. The van der Waals surface area contributed by atoms with Crippen LogP contribution in [-0.4, -0.2) is 42.6 Å². The van der Waals surface area contributed by atoms with E-state index < -0.39 is 6.10 Å². The number of rotatable bonds is 7. The lowest BCUT2D eigenvalue weighted by Gasteiger charge is -2.12. The summed E-state index contributed by atoms with van der Waals surface area (Å²) in [6, 6.07) is 9.35. The third kappa shape index (κ3) is 5.37. The van der Waals surface area contributed by atoms with Crippen LogP contribution >= 0.6 is 0 Å². The van der Waals surface area contributed by atoms with Gasteiger partial charge in [-0.1, -0.05) is 18.2 Å². The number of ether oxygens (including phenoxy) is 1. The Morgan fingerprint density at radius 1 is 1.27 bits per heavy atom. The average Bonchev–Trinajstić information content (AvgIpc) is 2.28. The maximum atomic E-state index is 9.47. The molecule has 15 heavy (non-hydrogen) atoms. The van der Waals surface area contributed by atoms with Gasteiger partial charge in [-0.2, -0.15) is 0 Å². The topological polar surface area (TPSA) is 61.7 Å². The largest absolute Gasteiger partial charge is 0.491 e. The standard InChI is InChI=1S/C11H17NO3/c13-7-6-12-8-10(14)9-15-11-4-2-1-3-5-11/h1-5,10,12-14H,6-9H2/t10-/m1/s1. The minimum absolute atomic E-state index is 0.0757. The molecule has 1 aromatic carbocycles. The molecule has 84 valence electrons. The predicted molar refractivity (Wildman–Crippen MR) is 57.9 cm³/mol. The number of benzene rings is 1. The summed E-state index contributed by atoms with van der Waals surface area (Å²) in [5.41, 5.74) is 0. The van der Waals surface area contributed by atoms with E-state index in [9.17, 15) is 5.11 Å². The van der Waals surface area contributed by atoms with Crippen molar-refractivity contribution >= 4 is 0 Å². The lowest BCUT2D eigenvalue weighted by molar-refractivity contribution is 0.105. The zero-order valence-electron chi connectivity index (χ0n) is 8.60. The van der Waals surface area contributed by atoms with Crippen LogP contribution in [0.15, 0.2) is 30.3 Å². The van der Waals surface area contributed by atoms with Gasteiger partial charge in [0.25, 0.3) is 0 Å². The molecule has 1 aromatic rings. The number of para-hydroxylation sites is 1. The highest BCUT2D eigenvalue weighted by molar-refractivity contribution is 5.20. The molecule has 0 spiro atoms. The molecule has 0 heterocycles. The van der Waals surface area contributed by atoms with Crippen molar-refractivity contribution in [1.29, 1.82) is 0 Å². The average molecular weight is 211 g/mol. The van der Waals surface area contributed by atoms with Gasteiger partial charge >= 0.3 is 0 Å². The maximum absolute atomic E-state index is 9.47. The first kappa shape index (κ1) is 12.0. The maximum Gasteiger partial charge on any atom is 0.119 e. The first-order chi connectivity index (χ1) is 7.33. The fourth-order valence-corrected chi connectivity index (χ4v) is 1.12. The Hall–Kier alpha value is -1.10. The highest BCUT2D eigenvalue weighted by Gasteiger charge is 2.03. The van der Waals surface area contributed by atoms with E-state index in [1.54, 1.807) is 0 Å². The molecule has 0 fully saturated rings. The lowest BCUT2D eigenvalue weighted by Crippen LogP contribution is -2.32. The van der Waals surface area contributed by atoms with Crippen LogP contribution in [0.5, 0.6) is 5.75 Å². The second-order valence-corrected chi connectivity index (χ2v) is 3.21. The Morgan fingerprint density at radius 2 is 2.00 bits per heavy atom. The molecule has 4 nitrogen and oxygen atoms in total. The third-order valence-corrected chi connectivity index (χ3v) is 1.85. The molecule has 0 unspecified atom stereocenters. The van der Waals surface area contributed by atoms with Crippen molar-refractivity contribution in [1.82, 2.24) is 5.32 Å². The molecule has 0 aliphatic heterocycles. The molecule has 0 radical (unpaired) electrons. The molecule has 4 heteroatoms. The van der Waals surface area contributed by atoms with Gasteiger partial charge in [0.15, 0.2) is 0 Å². The monoisotopic (exact) mass is 211 g/mol. The number of aliphatic hydroxyl groups excluding tert-OH is 2. The van der Waals surface area contributed by atoms with Crippen molar-refractivity contribution < 1.29 is 14.9 Å². The second kappa shape index (κ2) is 7.23. The summed E-state index contributed by atoms with van der Waals surface area (Å²) in [5, 5.41) is 20.9.